The molecule has 3 aliphatic rings. The van der Waals surface area contributed by atoms with E-state index in [4.69, 9.17) is 4.74 Å². The molecule has 21 heavy (non-hydrogen) atoms. The maximum absolute atomic E-state index is 11.4. The molecule has 2 aliphatic heterocycles. The Hall–Kier alpha value is 0.270. The summed E-state index contributed by atoms with van der Waals surface area (Å²) in [5.41, 5.74) is -0.305. The van der Waals surface area contributed by atoms with Crippen molar-refractivity contribution in [3.8, 4) is 0 Å². The highest BCUT2D eigenvalue weighted by Crippen LogP contribution is 2.47. The molecule has 1 saturated carbocycles. The van der Waals surface area contributed by atoms with Crippen molar-refractivity contribution in [1.29, 1.82) is 0 Å². The smallest absolute Gasteiger partial charge is 0.0784 e. The van der Waals surface area contributed by atoms with Crippen LogP contribution in [0.4, 0.5) is 0 Å². The standard InChI is InChI=1S/C18H32O2S/c1-14(2)15-4-3-7-18(19,8-5-15)16-6-10-20-17(12-16)9-11-21-13-17/h14-16,19H,3-13H2,1-2H3. The Labute approximate surface area is 134 Å². The predicted octanol–water partition coefficient (Wildman–Crippen LogP) is 4.26. The first-order chi connectivity index (χ1) is 10.0. The number of thioether (sulfide) groups is 1. The zero-order valence-corrected chi connectivity index (χ0v) is 14.6. The second-order valence-corrected chi connectivity index (χ2v) is 9.17. The van der Waals surface area contributed by atoms with Crippen molar-refractivity contribution in [3.05, 3.63) is 0 Å². The lowest BCUT2D eigenvalue weighted by molar-refractivity contribution is -0.136. The number of hydrogen-bond donors (Lipinski definition) is 1. The Bertz CT molecular complexity index is 351. The van der Waals surface area contributed by atoms with Crippen LogP contribution in [0.2, 0.25) is 0 Å². The highest BCUT2D eigenvalue weighted by molar-refractivity contribution is 7.99. The fourth-order valence-electron chi connectivity index (χ4n) is 4.80. The lowest BCUT2D eigenvalue weighted by atomic mass is 9.72. The fraction of sp³-hybridized carbons (Fsp3) is 1.00. The Morgan fingerprint density at radius 3 is 2.71 bits per heavy atom. The molecule has 3 fully saturated rings. The molecule has 2 nitrogen and oxygen atoms in total. The van der Waals surface area contributed by atoms with Crippen LogP contribution < -0.4 is 0 Å². The molecule has 4 atom stereocenters. The minimum Gasteiger partial charge on any atom is -0.390 e. The Morgan fingerprint density at radius 2 is 2.00 bits per heavy atom. The zero-order valence-electron chi connectivity index (χ0n) is 13.8. The summed E-state index contributed by atoms with van der Waals surface area (Å²) < 4.78 is 6.15. The molecule has 1 aliphatic carbocycles. The summed E-state index contributed by atoms with van der Waals surface area (Å²) in [4.78, 5) is 0. The molecule has 0 aromatic rings. The SMILES string of the molecule is CC(C)C1CCCC(O)(C2CCOC3(CCSC3)C2)CC1. The van der Waals surface area contributed by atoms with E-state index in [1.165, 1.54) is 31.4 Å². The van der Waals surface area contributed by atoms with E-state index < -0.39 is 5.60 Å². The van der Waals surface area contributed by atoms with E-state index in [2.05, 4.69) is 13.8 Å². The number of rotatable bonds is 2. The molecule has 0 aromatic carbocycles. The first kappa shape index (κ1) is 16.1. The van der Waals surface area contributed by atoms with Crippen molar-refractivity contribution in [2.75, 3.05) is 18.1 Å². The van der Waals surface area contributed by atoms with Gasteiger partial charge in [-0.1, -0.05) is 26.7 Å². The molecule has 3 rings (SSSR count). The predicted molar refractivity (Wildman–Crippen MR) is 89.7 cm³/mol. The van der Waals surface area contributed by atoms with Gasteiger partial charge in [0.1, 0.15) is 0 Å². The minimum atomic E-state index is -0.409. The summed E-state index contributed by atoms with van der Waals surface area (Å²) in [6, 6.07) is 0. The summed E-state index contributed by atoms with van der Waals surface area (Å²) in [6.07, 6.45) is 9.13. The van der Waals surface area contributed by atoms with Crippen LogP contribution in [-0.2, 0) is 4.74 Å². The van der Waals surface area contributed by atoms with Crippen molar-refractivity contribution in [2.45, 2.75) is 76.4 Å². The molecule has 3 heteroatoms. The number of ether oxygens (including phenoxy) is 1. The monoisotopic (exact) mass is 312 g/mol. The van der Waals surface area contributed by atoms with E-state index in [9.17, 15) is 5.11 Å². The first-order valence-corrected chi connectivity index (χ1v) is 10.1. The minimum absolute atomic E-state index is 0.104. The van der Waals surface area contributed by atoms with Crippen LogP contribution in [0.25, 0.3) is 0 Å². The molecule has 1 N–H and O–H groups in total. The maximum atomic E-state index is 11.4. The van der Waals surface area contributed by atoms with Gasteiger partial charge < -0.3 is 9.84 Å². The summed E-state index contributed by atoms with van der Waals surface area (Å²) >= 11 is 2.03. The number of hydrogen-bond acceptors (Lipinski definition) is 3. The van der Waals surface area contributed by atoms with Crippen molar-refractivity contribution in [3.63, 3.8) is 0 Å². The quantitative estimate of drug-likeness (QED) is 0.773. The topological polar surface area (TPSA) is 29.5 Å². The molecule has 2 heterocycles. The summed E-state index contributed by atoms with van der Waals surface area (Å²) in [6.45, 7) is 5.55. The molecule has 4 unspecified atom stereocenters. The van der Waals surface area contributed by atoms with Gasteiger partial charge in [0.05, 0.1) is 11.2 Å². The molecule has 122 valence electrons. The highest BCUT2D eigenvalue weighted by Gasteiger charge is 2.47. The van der Waals surface area contributed by atoms with Gasteiger partial charge in [-0.05, 0) is 62.0 Å². The molecule has 0 aromatic heterocycles. The van der Waals surface area contributed by atoms with Crippen LogP contribution in [0.1, 0.15) is 65.2 Å². The van der Waals surface area contributed by atoms with Crippen LogP contribution in [0.5, 0.6) is 0 Å². The van der Waals surface area contributed by atoms with Gasteiger partial charge in [-0.15, -0.1) is 0 Å². The third-order valence-corrected chi connectivity index (χ3v) is 7.62. The Kier molecular flexibility index (Phi) is 4.93. The second kappa shape index (κ2) is 6.41. The third kappa shape index (κ3) is 3.45. The van der Waals surface area contributed by atoms with Crippen molar-refractivity contribution in [2.24, 2.45) is 17.8 Å². The van der Waals surface area contributed by atoms with Crippen molar-refractivity contribution in [1.82, 2.24) is 0 Å². The van der Waals surface area contributed by atoms with Crippen LogP contribution in [0.15, 0.2) is 0 Å². The molecule has 0 amide bonds. The van der Waals surface area contributed by atoms with Gasteiger partial charge in [-0.2, -0.15) is 11.8 Å². The van der Waals surface area contributed by atoms with E-state index in [-0.39, 0.29) is 5.60 Å². The fourth-order valence-corrected chi connectivity index (χ4v) is 6.18. The second-order valence-electron chi connectivity index (χ2n) is 8.06. The average Bonchev–Trinajstić information content (AvgIpc) is 2.79. The molecule has 0 radical (unpaired) electrons. The third-order valence-electron chi connectivity index (χ3n) is 6.40. The van der Waals surface area contributed by atoms with Crippen LogP contribution in [-0.4, -0.2) is 34.4 Å². The Morgan fingerprint density at radius 1 is 1.14 bits per heavy atom. The lowest BCUT2D eigenvalue weighted by Gasteiger charge is -2.45. The Balaban J connectivity index is 1.66. The molecular weight excluding hydrogens is 280 g/mol. The summed E-state index contributed by atoms with van der Waals surface area (Å²) in [7, 11) is 0. The van der Waals surface area contributed by atoms with Crippen molar-refractivity contribution < 1.29 is 9.84 Å². The van der Waals surface area contributed by atoms with E-state index in [0.717, 1.165) is 49.9 Å². The van der Waals surface area contributed by atoms with Crippen molar-refractivity contribution >= 4 is 11.8 Å². The van der Waals surface area contributed by atoms with Gasteiger partial charge in [0.25, 0.3) is 0 Å². The van der Waals surface area contributed by atoms with Gasteiger partial charge >= 0.3 is 0 Å². The van der Waals surface area contributed by atoms with Crippen LogP contribution >= 0.6 is 11.8 Å². The van der Waals surface area contributed by atoms with E-state index in [0.29, 0.717) is 5.92 Å². The molecule has 1 spiro atoms. The molecule has 0 bridgehead atoms. The zero-order chi connectivity index (χ0) is 14.9. The van der Waals surface area contributed by atoms with Gasteiger partial charge in [0, 0.05) is 12.4 Å². The van der Waals surface area contributed by atoms with Gasteiger partial charge in [-0.3, -0.25) is 0 Å². The van der Waals surface area contributed by atoms with E-state index >= 15 is 0 Å². The number of aliphatic hydroxyl groups is 1. The molecular formula is C18H32O2S. The largest absolute Gasteiger partial charge is 0.390 e. The van der Waals surface area contributed by atoms with Gasteiger partial charge in [-0.25, -0.2) is 0 Å². The van der Waals surface area contributed by atoms with Crippen LogP contribution in [0, 0.1) is 17.8 Å². The summed E-state index contributed by atoms with van der Waals surface area (Å²) in [5, 5.41) is 11.4. The van der Waals surface area contributed by atoms with Gasteiger partial charge in [0.15, 0.2) is 0 Å². The first-order valence-electron chi connectivity index (χ1n) is 8.97. The average molecular weight is 313 g/mol. The summed E-state index contributed by atoms with van der Waals surface area (Å²) in [5.74, 6) is 4.43. The van der Waals surface area contributed by atoms with Gasteiger partial charge in [0.2, 0.25) is 0 Å². The van der Waals surface area contributed by atoms with E-state index in [1.54, 1.807) is 0 Å². The molecule has 2 saturated heterocycles. The maximum Gasteiger partial charge on any atom is 0.0784 e. The van der Waals surface area contributed by atoms with Crippen LogP contribution in [0.3, 0.4) is 0 Å². The highest BCUT2D eigenvalue weighted by atomic mass is 32.2. The lowest BCUT2D eigenvalue weighted by Crippen LogP contribution is -2.48. The van der Waals surface area contributed by atoms with E-state index in [1.807, 2.05) is 11.8 Å². The normalized spacial score (nSPS) is 45.1.